The van der Waals surface area contributed by atoms with Crippen LogP contribution in [0.3, 0.4) is 0 Å². The van der Waals surface area contributed by atoms with Gasteiger partial charge in [0.05, 0.1) is 0 Å². The van der Waals surface area contributed by atoms with E-state index in [2.05, 4.69) is 48.0 Å². The van der Waals surface area contributed by atoms with Crippen molar-refractivity contribution in [2.45, 2.75) is 22.4 Å². The lowest BCUT2D eigenvalue weighted by Crippen LogP contribution is -2.46. The highest BCUT2D eigenvalue weighted by Crippen LogP contribution is 2.80. The maximum absolute atomic E-state index is 6.62. The lowest BCUT2D eigenvalue weighted by molar-refractivity contribution is 0.214. The fourth-order valence-corrected chi connectivity index (χ4v) is 5.38. The summed E-state index contributed by atoms with van der Waals surface area (Å²) in [6.07, 6.45) is 8.27. The maximum Gasteiger partial charge on any atom is 0.192 e. The highest BCUT2D eigenvalue weighted by molar-refractivity contribution is 5.71. The Morgan fingerprint density at radius 1 is 0.500 bits per heavy atom. The standard InChI is InChI=1S/C30H18O2/c1-3-11-23(12-4-1)17-21-27-25-15-7-8-16-26(25)28(22-18-24-13-5-2-6-14-24)30(32-28)20-10-9-19-29(27,30)31-27/h1-16,19-20H. The predicted molar refractivity (Wildman–Crippen MR) is 122 cm³/mol. The van der Waals surface area contributed by atoms with Crippen molar-refractivity contribution in [2.75, 3.05) is 0 Å². The lowest BCUT2D eigenvalue weighted by atomic mass is 9.63. The van der Waals surface area contributed by atoms with Crippen LogP contribution in [-0.4, -0.2) is 11.2 Å². The average Bonchev–Trinajstić information content (AvgIpc) is 3.72. The third kappa shape index (κ3) is 2.00. The number of allylic oxidation sites excluding steroid dienone is 2. The smallest absolute Gasteiger partial charge is 0.192 e. The Hall–Kier alpha value is -3.82. The Kier molecular flexibility index (Phi) is 3.29. The van der Waals surface area contributed by atoms with Gasteiger partial charge in [-0.2, -0.15) is 0 Å². The number of benzene rings is 3. The Morgan fingerprint density at radius 2 is 0.906 bits per heavy atom. The summed E-state index contributed by atoms with van der Waals surface area (Å²) in [5.41, 5.74) is 1.13. The molecule has 2 nitrogen and oxygen atoms in total. The second-order valence-corrected chi connectivity index (χ2v) is 8.53. The van der Waals surface area contributed by atoms with Gasteiger partial charge in [0.2, 0.25) is 0 Å². The van der Waals surface area contributed by atoms with Gasteiger partial charge in [-0.15, -0.1) is 0 Å². The van der Waals surface area contributed by atoms with E-state index < -0.39 is 22.4 Å². The lowest BCUT2D eigenvalue weighted by Gasteiger charge is -2.29. The summed E-state index contributed by atoms with van der Waals surface area (Å²) in [7, 11) is 0. The quantitative estimate of drug-likeness (QED) is 0.391. The monoisotopic (exact) mass is 410 g/mol. The minimum Gasteiger partial charge on any atom is -0.336 e. The molecule has 0 amide bonds. The molecule has 4 unspecified atom stereocenters. The molecule has 150 valence electrons. The van der Waals surface area contributed by atoms with E-state index in [0.717, 1.165) is 22.3 Å². The SMILES string of the molecule is C(#CC12OC13C=CC=CC31OC1(C#Cc1ccccc1)c1ccccc12)c1ccccc1. The van der Waals surface area contributed by atoms with Crippen molar-refractivity contribution >= 4 is 0 Å². The number of hydrogen-bond acceptors (Lipinski definition) is 2. The first-order chi connectivity index (χ1) is 15.8. The van der Waals surface area contributed by atoms with Gasteiger partial charge in [0.1, 0.15) is 0 Å². The zero-order valence-corrected chi connectivity index (χ0v) is 17.2. The topological polar surface area (TPSA) is 25.1 Å². The zero-order valence-electron chi connectivity index (χ0n) is 17.2. The number of rotatable bonds is 0. The number of ether oxygens (including phenoxy) is 2. The van der Waals surface area contributed by atoms with Gasteiger partial charge in [-0.1, -0.05) is 96.5 Å². The van der Waals surface area contributed by atoms with Crippen LogP contribution in [0.2, 0.25) is 0 Å². The summed E-state index contributed by atoms with van der Waals surface area (Å²) >= 11 is 0. The van der Waals surface area contributed by atoms with Crippen molar-refractivity contribution in [2.24, 2.45) is 0 Å². The third-order valence-electron chi connectivity index (χ3n) is 6.91. The van der Waals surface area contributed by atoms with E-state index in [1.165, 1.54) is 0 Å². The molecule has 2 saturated heterocycles. The molecule has 0 saturated carbocycles. The molecule has 0 radical (unpaired) electrons. The van der Waals surface area contributed by atoms with Crippen LogP contribution in [0.1, 0.15) is 22.3 Å². The molecule has 2 aliphatic heterocycles. The van der Waals surface area contributed by atoms with Gasteiger partial charge in [0.25, 0.3) is 0 Å². The van der Waals surface area contributed by atoms with E-state index in [-0.39, 0.29) is 0 Å². The normalized spacial score (nSPS) is 33.8. The summed E-state index contributed by atoms with van der Waals surface area (Å²) in [4.78, 5) is 0. The van der Waals surface area contributed by atoms with Gasteiger partial charge in [-0.3, -0.25) is 0 Å². The highest BCUT2D eigenvalue weighted by Gasteiger charge is 2.95. The van der Waals surface area contributed by atoms with Gasteiger partial charge in [-0.05, 0) is 36.4 Å². The summed E-state index contributed by atoms with van der Waals surface area (Å²) in [6.45, 7) is 0. The van der Waals surface area contributed by atoms with Gasteiger partial charge < -0.3 is 9.47 Å². The minimum absolute atomic E-state index is 0.684. The Labute approximate surface area is 187 Å². The Morgan fingerprint density at radius 3 is 1.34 bits per heavy atom. The molecule has 3 aromatic rings. The molecular weight excluding hydrogens is 392 g/mol. The first kappa shape index (κ1) is 17.8. The minimum atomic E-state index is -0.755. The van der Waals surface area contributed by atoms with Crippen molar-refractivity contribution < 1.29 is 9.47 Å². The van der Waals surface area contributed by atoms with Crippen molar-refractivity contribution in [3.63, 3.8) is 0 Å². The van der Waals surface area contributed by atoms with Crippen molar-refractivity contribution in [3.8, 4) is 23.7 Å². The molecule has 2 aliphatic carbocycles. The van der Waals surface area contributed by atoms with Crippen molar-refractivity contribution in [3.05, 3.63) is 131 Å². The molecule has 32 heavy (non-hydrogen) atoms. The second-order valence-electron chi connectivity index (χ2n) is 8.53. The van der Waals surface area contributed by atoms with E-state index in [1.54, 1.807) is 0 Å². The molecular formula is C30H18O2. The molecule has 2 fully saturated rings. The molecule has 2 spiro atoms. The molecule has 4 aliphatic rings. The number of fused-ring (bicyclic) bond motifs is 3. The van der Waals surface area contributed by atoms with E-state index in [1.807, 2.05) is 84.9 Å². The number of hydrogen-bond donors (Lipinski definition) is 0. The van der Waals surface area contributed by atoms with Crippen LogP contribution in [-0.2, 0) is 20.7 Å². The maximum atomic E-state index is 6.62. The molecule has 2 heteroatoms. The number of epoxide rings is 2. The summed E-state index contributed by atoms with van der Waals surface area (Å²) in [5, 5.41) is 0. The molecule has 2 heterocycles. The van der Waals surface area contributed by atoms with Crippen LogP contribution in [0.15, 0.2) is 109 Å². The summed E-state index contributed by atoms with van der Waals surface area (Å²) < 4.78 is 13.2. The molecule has 4 atom stereocenters. The van der Waals surface area contributed by atoms with E-state index in [4.69, 9.17) is 9.47 Å². The van der Waals surface area contributed by atoms with Gasteiger partial charge in [-0.25, -0.2) is 0 Å². The van der Waals surface area contributed by atoms with E-state index in [9.17, 15) is 0 Å². The van der Waals surface area contributed by atoms with Gasteiger partial charge >= 0.3 is 0 Å². The fourth-order valence-electron chi connectivity index (χ4n) is 5.38. The predicted octanol–water partition coefficient (Wildman–Crippen LogP) is 4.86. The third-order valence-corrected chi connectivity index (χ3v) is 6.91. The van der Waals surface area contributed by atoms with Crippen molar-refractivity contribution in [1.82, 2.24) is 0 Å². The molecule has 0 bridgehead atoms. The van der Waals surface area contributed by atoms with Gasteiger partial charge in [0.15, 0.2) is 22.4 Å². The van der Waals surface area contributed by atoms with E-state index >= 15 is 0 Å². The first-order valence-corrected chi connectivity index (χ1v) is 10.8. The van der Waals surface area contributed by atoms with Crippen LogP contribution in [0, 0.1) is 23.7 Å². The largest absolute Gasteiger partial charge is 0.336 e. The van der Waals surface area contributed by atoms with Gasteiger partial charge in [0, 0.05) is 22.3 Å². The Bertz CT molecular complexity index is 1330. The van der Waals surface area contributed by atoms with Crippen LogP contribution in [0.4, 0.5) is 0 Å². The molecule has 7 rings (SSSR count). The highest BCUT2D eigenvalue weighted by atomic mass is 16.7. The average molecular weight is 410 g/mol. The van der Waals surface area contributed by atoms with Crippen LogP contribution >= 0.6 is 0 Å². The molecule has 0 aromatic heterocycles. The summed E-state index contributed by atoms with van der Waals surface area (Å²) in [6, 6.07) is 28.3. The van der Waals surface area contributed by atoms with E-state index in [0.29, 0.717) is 0 Å². The zero-order chi connectivity index (χ0) is 21.3. The second kappa shape index (κ2) is 5.90. The van der Waals surface area contributed by atoms with Crippen molar-refractivity contribution in [1.29, 1.82) is 0 Å². The fraction of sp³-hybridized carbons (Fsp3) is 0.133. The Balaban J connectivity index is 1.44. The summed E-state index contributed by atoms with van der Waals surface area (Å²) in [5.74, 6) is 13.7. The molecule has 0 N–H and O–H groups in total. The van der Waals surface area contributed by atoms with Crippen LogP contribution < -0.4 is 0 Å². The van der Waals surface area contributed by atoms with Crippen LogP contribution in [0.25, 0.3) is 0 Å². The molecule has 3 aromatic carbocycles. The van der Waals surface area contributed by atoms with Crippen LogP contribution in [0.5, 0.6) is 0 Å². The first-order valence-electron chi connectivity index (χ1n) is 10.8.